The fraction of sp³-hybridized carbons (Fsp3) is 0.300. The van der Waals surface area contributed by atoms with Gasteiger partial charge in [-0.05, 0) is 38.2 Å². The molecule has 0 saturated carbocycles. The molecule has 2 rings (SSSR count). The van der Waals surface area contributed by atoms with Gasteiger partial charge in [-0.1, -0.05) is 17.7 Å². The van der Waals surface area contributed by atoms with Crippen LogP contribution in [-0.4, -0.2) is 51.1 Å². The quantitative estimate of drug-likeness (QED) is 0.745. The maximum absolute atomic E-state index is 12.3. The molecule has 7 heteroatoms. The summed E-state index contributed by atoms with van der Waals surface area (Å²) in [5, 5.41) is 5.59. The molecule has 0 fully saturated rings. The maximum atomic E-state index is 12.3. The highest BCUT2D eigenvalue weighted by molar-refractivity contribution is 5.95. The summed E-state index contributed by atoms with van der Waals surface area (Å²) in [4.78, 5) is 26.0. The monoisotopic (exact) mass is 371 g/mol. The number of rotatable bonds is 8. The summed E-state index contributed by atoms with van der Waals surface area (Å²) < 4.78 is 10.4. The van der Waals surface area contributed by atoms with Gasteiger partial charge in [-0.15, -0.1) is 0 Å². The number of anilines is 2. The molecule has 0 atom stereocenters. The Hall–Kier alpha value is -3.06. The van der Waals surface area contributed by atoms with Gasteiger partial charge in [-0.25, -0.2) is 0 Å². The van der Waals surface area contributed by atoms with E-state index in [0.717, 1.165) is 11.3 Å². The second kappa shape index (κ2) is 9.59. The number of methoxy groups -OCH3 is 2. The number of amides is 2. The summed E-state index contributed by atoms with van der Waals surface area (Å²) in [6, 6.07) is 12.7. The van der Waals surface area contributed by atoms with Crippen molar-refractivity contribution in [1.29, 1.82) is 0 Å². The van der Waals surface area contributed by atoms with Crippen LogP contribution >= 0.6 is 0 Å². The lowest BCUT2D eigenvalue weighted by molar-refractivity contribution is -0.119. The molecular formula is C20H25N3O4. The average Bonchev–Trinajstić information content (AvgIpc) is 2.63. The molecule has 27 heavy (non-hydrogen) atoms. The molecule has 144 valence electrons. The lowest BCUT2D eigenvalue weighted by Gasteiger charge is -2.17. The number of nitrogens with zero attached hydrogens (tertiary/aromatic N) is 1. The zero-order chi connectivity index (χ0) is 19.8. The maximum Gasteiger partial charge on any atom is 0.238 e. The van der Waals surface area contributed by atoms with Crippen LogP contribution in [-0.2, 0) is 9.59 Å². The van der Waals surface area contributed by atoms with Gasteiger partial charge < -0.3 is 20.1 Å². The van der Waals surface area contributed by atoms with Gasteiger partial charge in [0.15, 0.2) is 0 Å². The normalized spacial score (nSPS) is 10.4. The predicted octanol–water partition coefficient (Wildman–Crippen LogP) is 2.52. The lowest BCUT2D eigenvalue weighted by atomic mass is 10.2. The zero-order valence-electron chi connectivity index (χ0n) is 16.0. The second-order valence-electron chi connectivity index (χ2n) is 6.20. The summed E-state index contributed by atoms with van der Waals surface area (Å²) >= 11 is 0. The third-order valence-corrected chi connectivity index (χ3v) is 3.85. The fourth-order valence-electron chi connectivity index (χ4n) is 2.48. The van der Waals surface area contributed by atoms with E-state index in [9.17, 15) is 9.59 Å². The highest BCUT2D eigenvalue weighted by Gasteiger charge is 2.13. The topological polar surface area (TPSA) is 79.9 Å². The third kappa shape index (κ3) is 6.31. The SMILES string of the molecule is COc1ccc(NC(=O)CN(C)CC(=O)Nc2ccc(C)cc2)c(OC)c1. The first-order valence-corrected chi connectivity index (χ1v) is 8.48. The zero-order valence-corrected chi connectivity index (χ0v) is 16.0. The molecule has 2 aromatic rings. The van der Waals surface area contributed by atoms with E-state index >= 15 is 0 Å². The molecule has 0 aliphatic heterocycles. The summed E-state index contributed by atoms with van der Waals surface area (Å²) in [6.45, 7) is 2.15. The smallest absolute Gasteiger partial charge is 0.238 e. The van der Waals surface area contributed by atoms with E-state index in [1.807, 2.05) is 31.2 Å². The molecule has 2 N–H and O–H groups in total. The van der Waals surface area contributed by atoms with E-state index in [4.69, 9.17) is 9.47 Å². The first-order valence-electron chi connectivity index (χ1n) is 8.48. The molecule has 7 nitrogen and oxygen atoms in total. The number of nitrogens with one attached hydrogen (secondary N) is 2. The summed E-state index contributed by atoms with van der Waals surface area (Å²) in [6.07, 6.45) is 0. The van der Waals surface area contributed by atoms with Gasteiger partial charge >= 0.3 is 0 Å². The number of likely N-dealkylation sites (N-methyl/N-ethyl adjacent to an activating group) is 1. The van der Waals surface area contributed by atoms with Crippen molar-refractivity contribution in [1.82, 2.24) is 4.90 Å². The van der Waals surface area contributed by atoms with E-state index in [1.165, 1.54) is 7.11 Å². The molecule has 0 aliphatic carbocycles. The van der Waals surface area contributed by atoms with E-state index in [1.54, 1.807) is 37.3 Å². The van der Waals surface area contributed by atoms with Gasteiger partial charge in [0.2, 0.25) is 11.8 Å². The Morgan fingerprint density at radius 1 is 0.926 bits per heavy atom. The van der Waals surface area contributed by atoms with Crippen molar-refractivity contribution < 1.29 is 19.1 Å². The Morgan fingerprint density at radius 2 is 1.56 bits per heavy atom. The van der Waals surface area contributed by atoms with E-state index in [0.29, 0.717) is 17.2 Å². The van der Waals surface area contributed by atoms with E-state index < -0.39 is 0 Å². The Balaban J connectivity index is 1.86. The average molecular weight is 371 g/mol. The van der Waals surface area contributed by atoms with Crippen LogP contribution in [0.25, 0.3) is 0 Å². The lowest BCUT2D eigenvalue weighted by Crippen LogP contribution is -2.36. The Kier molecular flexibility index (Phi) is 7.19. The van der Waals surface area contributed by atoms with Gasteiger partial charge in [0, 0.05) is 11.8 Å². The number of hydrogen-bond acceptors (Lipinski definition) is 5. The van der Waals surface area contributed by atoms with Crippen LogP contribution in [0.15, 0.2) is 42.5 Å². The summed E-state index contributed by atoms with van der Waals surface area (Å²) in [5.74, 6) is 0.706. The Labute approximate surface area is 159 Å². The minimum absolute atomic E-state index is 0.0660. The minimum atomic E-state index is -0.246. The number of benzene rings is 2. The molecule has 0 spiro atoms. The van der Waals surface area contributed by atoms with Crippen LogP contribution in [0.4, 0.5) is 11.4 Å². The molecular weight excluding hydrogens is 346 g/mol. The molecule has 2 aromatic carbocycles. The molecule has 0 heterocycles. The Bertz CT molecular complexity index is 790. The van der Waals surface area contributed by atoms with Crippen LogP contribution in [0.5, 0.6) is 11.5 Å². The van der Waals surface area contributed by atoms with Crippen molar-refractivity contribution in [2.24, 2.45) is 0 Å². The third-order valence-electron chi connectivity index (χ3n) is 3.85. The van der Waals surface area contributed by atoms with Crippen molar-refractivity contribution in [2.75, 3.05) is 45.0 Å². The largest absolute Gasteiger partial charge is 0.497 e. The highest BCUT2D eigenvalue weighted by Crippen LogP contribution is 2.28. The van der Waals surface area contributed by atoms with Gasteiger partial charge in [0.05, 0.1) is 33.0 Å². The number of ether oxygens (including phenoxy) is 2. The van der Waals surface area contributed by atoms with Crippen LogP contribution in [0, 0.1) is 6.92 Å². The molecule has 0 aliphatic rings. The minimum Gasteiger partial charge on any atom is -0.497 e. The summed E-state index contributed by atoms with van der Waals surface area (Å²) in [7, 11) is 4.79. The van der Waals surface area contributed by atoms with Crippen LogP contribution in [0.3, 0.4) is 0 Å². The standard InChI is InChI=1S/C20H25N3O4/c1-14-5-7-15(8-6-14)21-19(24)12-23(2)13-20(25)22-17-10-9-16(26-3)11-18(17)27-4/h5-11H,12-13H2,1-4H3,(H,21,24)(H,22,25). The first kappa shape index (κ1) is 20.3. The number of carbonyl (C=O) groups excluding carboxylic acids is 2. The van der Waals surface area contributed by atoms with Gasteiger partial charge in [-0.2, -0.15) is 0 Å². The molecule has 0 aromatic heterocycles. The fourth-order valence-corrected chi connectivity index (χ4v) is 2.48. The first-order chi connectivity index (χ1) is 12.9. The van der Waals surface area contributed by atoms with E-state index in [-0.39, 0.29) is 24.9 Å². The number of aryl methyl sites for hydroxylation is 1. The van der Waals surface area contributed by atoms with Crippen molar-refractivity contribution in [3.63, 3.8) is 0 Å². The van der Waals surface area contributed by atoms with Crippen molar-refractivity contribution in [3.05, 3.63) is 48.0 Å². The number of hydrogen-bond donors (Lipinski definition) is 2. The van der Waals surface area contributed by atoms with Crippen LogP contribution < -0.4 is 20.1 Å². The Morgan fingerprint density at radius 3 is 2.15 bits per heavy atom. The molecule has 0 saturated heterocycles. The van der Waals surface area contributed by atoms with Gasteiger partial charge in [0.1, 0.15) is 11.5 Å². The van der Waals surface area contributed by atoms with E-state index in [2.05, 4.69) is 10.6 Å². The highest BCUT2D eigenvalue weighted by atomic mass is 16.5. The van der Waals surface area contributed by atoms with Crippen molar-refractivity contribution in [3.8, 4) is 11.5 Å². The molecule has 0 bridgehead atoms. The number of carbonyl (C=O) groups is 2. The van der Waals surface area contributed by atoms with Crippen molar-refractivity contribution in [2.45, 2.75) is 6.92 Å². The van der Waals surface area contributed by atoms with Crippen LogP contribution in [0.1, 0.15) is 5.56 Å². The van der Waals surface area contributed by atoms with Crippen LogP contribution in [0.2, 0.25) is 0 Å². The predicted molar refractivity (Wildman–Crippen MR) is 105 cm³/mol. The van der Waals surface area contributed by atoms with Gasteiger partial charge in [0.25, 0.3) is 0 Å². The molecule has 0 unspecified atom stereocenters. The second-order valence-corrected chi connectivity index (χ2v) is 6.20. The van der Waals surface area contributed by atoms with Crippen molar-refractivity contribution >= 4 is 23.2 Å². The van der Waals surface area contributed by atoms with Gasteiger partial charge in [-0.3, -0.25) is 14.5 Å². The molecule has 0 radical (unpaired) electrons. The molecule has 2 amide bonds. The summed E-state index contributed by atoms with van der Waals surface area (Å²) in [5.41, 5.74) is 2.39.